The molecule has 0 aromatic heterocycles. The number of carbonyl (C=O) groups is 2. The molecule has 2 atom stereocenters. The van der Waals surface area contributed by atoms with Gasteiger partial charge in [0.2, 0.25) is 0 Å². The highest BCUT2D eigenvalue weighted by molar-refractivity contribution is 5.85. The van der Waals surface area contributed by atoms with Crippen molar-refractivity contribution in [1.82, 2.24) is 15.5 Å². The molecular weight excluding hydrogens is 234 g/mol. The number of likely N-dealkylation sites (N-methyl/N-ethyl adjacent to an activating group) is 1. The van der Waals surface area contributed by atoms with Crippen LogP contribution in [0, 0.1) is 0 Å². The lowest BCUT2D eigenvalue weighted by Gasteiger charge is -2.27. The van der Waals surface area contributed by atoms with E-state index in [0.717, 1.165) is 0 Å². The Kier molecular flexibility index (Phi) is 6.68. The maximum Gasteiger partial charge on any atom is 0.329 e. The molecule has 0 aliphatic rings. The fourth-order valence-corrected chi connectivity index (χ4v) is 1.44. The first-order valence-corrected chi connectivity index (χ1v) is 6.18. The summed E-state index contributed by atoms with van der Waals surface area (Å²) in [7, 11) is 3.84. The molecule has 0 fully saturated rings. The molecule has 0 spiro atoms. The highest BCUT2D eigenvalue weighted by atomic mass is 16.4. The average molecular weight is 259 g/mol. The minimum atomic E-state index is -1.21. The first-order chi connectivity index (χ1) is 8.23. The van der Waals surface area contributed by atoms with Crippen molar-refractivity contribution in [2.75, 3.05) is 20.6 Å². The zero-order chi connectivity index (χ0) is 14.3. The van der Waals surface area contributed by atoms with Gasteiger partial charge >= 0.3 is 12.0 Å². The van der Waals surface area contributed by atoms with Crippen LogP contribution in [0.5, 0.6) is 0 Å². The average Bonchev–Trinajstić information content (AvgIpc) is 2.25. The Morgan fingerprint density at radius 1 is 1.39 bits per heavy atom. The maximum atomic E-state index is 11.7. The molecule has 6 heteroatoms. The number of carboxylic acid groups (broad SMARTS) is 1. The second-order valence-electron chi connectivity index (χ2n) is 5.03. The molecule has 2 unspecified atom stereocenters. The highest BCUT2D eigenvalue weighted by Gasteiger charge is 2.33. The van der Waals surface area contributed by atoms with Crippen LogP contribution in [0.2, 0.25) is 0 Å². The fraction of sp³-hybridized carbons (Fsp3) is 0.833. The summed E-state index contributed by atoms with van der Waals surface area (Å²) in [4.78, 5) is 24.8. The van der Waals surface area contributed by atoms with Crippen LogP contribution in [0.25, 0.3) is 0 Å². The standard InChI is InChI=1S/C12H25N3O3/c1-6-7-12(3,10(16)17)14-11(18)13-8-9(2)15(4)5/h9H,6-8H2,1-5H3,(H,16,17)(H2,13,14,18). The number of carboxylic acids is 1. The van der Waals surface area contributed by atoms with E-state index in [1.54, 1.807) is 0 Å². The van der Waals surface area contributed by atoms with Gasteiger partial charge in [0.15, 0.2) is 0 Å². The van der Waals surface area contributed by atoms with Gasteiger partial charge in [0, 0.05) is 12.6 Å². The monoisotopic (exact) mass is 259 g/mol. The Bertz CT molecular complexity index is 294. The number of amides is 2. The summed E-state index contributed by atoms with van der Waals surface area (Å²) in [6.45, 7) is 5.85. The van der Waals surface area contributed by atoms with Crippen molar-refractivity contribution in [1.29, 1.82) is 0 Å². The first kappa shape index (κ1) is 16.7. The molecule has 6 nitrogen and oxygen atoms in total. The van der Waals surface area contributed by atoms with Gasteiger partial charge in [-0.25, -0.2) is 9.59 Å². The van der Waals surface area contributed by atoms with E-state index < -0.39 is 17.5 Å². The van der Waals surface area contributed by atoms with Gasteiger partial charge in [0.25, 0.3) is 0 Å². The van der Waals surface area contributed by atoms with Gasteiger partial charge < -0.3 is 20.6 Å². The van der Waals surface area contributed by atoms with Crippen LogP contribution < -0.4 is 10.6 Å². The zero-order valence-electron chi connectivity index (χ0n) is 11.9. The molecule has 18 heavy (non-hydrogen) atoms. The molecule has 0 aromatic rings. The largest absolute Gasteiger partial charge is 0.480 e. The maximum absolute atomic E-state index is 11.7. The molecule has 0 saturated heterocycles. The summed E-state index contributed by atoms with van der Waals surface area (Å²) in [6.07, 6.45) is 1.09. The zero-order valence-corrected chi connectivity index (χ0v) is 11.9. The van der Waals surface area contributed by atoms with E-state index in [1.807, 2.05) is 32.8 Å². The Morgan fingerprint density at radius 2 is 1.94 bits per heavy atom. The minimum absolute atomic E-state index is 0.193. The summed E-state index contributed by atoms with van der Waals surface area (Å²) in [5, 5.41) is 14.3. The van der Waals surface area contributed by atoms with Gasteiger partial charge in [-0.15, -0.1) is 0 Å². The number of rotatable bonds is 7. The van der Waals surface area contributed by atoms with E-state index in [1.165, 1.54) is 6.92 Å². The predicted molar refractivity (Wildman–Crippen MR) is 70.6 cm³/mol. The van der Waals surface area contributed by atoms with Gasteiger partial charge in [0.1, 0.15) is 5.54 Å². The quantitative estimate of drug-likeness (QED) is 0.634. The van der Waals surface area contributed by atoms with Crippen molar-refractivity contribution in [2.45, 2.75) is 45.2 Å². The molecule has 0 radical (unpaired) electrons. The Labute approximate surface area is 109 Å². The molecule has 0 bridgehead atoms. The second-order valence-corrected chi connectivity index (χ2v) is 5.03. The Morgan fingerprint density at radius 3 is 2.33 bits per heavy atom. The van der Waals surface area contributed by atoms with Crippen LogP contribution in [-0.4, -0.2) is 54.2 Å². The van der Waals surface area contributed by atoms with E-state index in [-0.39, 0.29) is 6.04 Å². The number of carbonyl (C=O) groups excluding carboxylic acids is 1. The van der Waals surface area contributed by atoms with E-state index in [2.05, 4.69) is 10.6 Å². The van der Waals surface area contributed by atoms with E-state index >= 15 is 0 Å². The lowest BCUT2D eigenvalue weighted by atomic mass is 9.97. The Balaban J connectivity index is 4.32. The molecule has 0 heterocycles. The molecular formula is C12H25N3O3. The number of hydrogen-bond donors (Lipinski definition) is 3. The van der Waals surface area contributed by atoms with E-state index in [4.69, 9.17) is 5.11 Å². The Hall–Kier alpha value is -1.30. The number of urea groups is 1. The number of aliphatic carboxylic acids is 1. The van der Waals surface area contributed by atoms with Gasteiger partial charge in [-0.05, 0) is 34.4 Å². The highest BCUT2D eigenvalue weighted by Crippen LogP contribution is 2.12. The van der Waals surface area contributed by atoms with Crippen LogP contribution >= 0.6 is 0 Å². The molecule has 106 valence electrons. The summed E-state index contributed by atoms with van der Waals surface area (Å²) in [5.74, 6) is -1.01. The second kappa shape index (κ2) is 7.20. The normalized spacial score (nSPS) is 15.9. The third-order valence-electron chi connectivity index (χ3n) is 3.05. The fourth-order valence-electron chi connectivity index (χ4n) is 1.44. The van der Waals surface area contributed by atoms with Gasteiger partial charge in [-0.3, -0.25) is 0 Å². The number of hydrogen-bond acceptors (Lipinski definition) is 3. The lowest BCUT2D eigenvalue weighted by molar-refractivity contribution is -0.144. The van der Waals surface area contributed by atoms with Gasteiger partial charge in [-0.2, -0.15) is 0 Å². The first-order valence-electron chi connectivity index (χ1n) is 6.18. The van der Waals surface area contributed by atoms with Crippen molar-refractivity contribution >= 4 is 12.0 Å². The van der Waals surface area contributed by atoms with Crippen LogP contribution in [0.4, 0.5) is 4.79 Å². The summed E-state index contributed by atoms with van der Waals surface area (Å²) >= 11 is 0. The smallest absolute Gasteiger partial charge is 0.329 e. The molecule has 0 aliphatic carbocycles. The number of nitrogens with one attached hydrogen (secondary N) is 2. The third kappa shape index (κ3) is 5.35. The molecule has 0 rings (SSSR count). The predicted octanol–water partition coefficient (Wildman–Crippen LogP) is 0.879. The molecule has 0 aromatic carbocycles. The minimum Gasteiger partial charge on any atom is -0.480 e. The number of nitrogens with zero attached hydrogens (tertiary/aromatic N) is 1. The van der Waals surface area contributed by atoms with Crippen LogP contribution in [0.15, 0.2) is 0 Å². The molecule has 0 saturated carbocycles. The third-order valence-corrected chi connectivity index (χ3v) is 3.05. The van der Waals surface area contributed by atoms with Gasteiger partial charge in [-0.1, -0.05) is 13.3 Å². The summed E-state index contributed by atoms with van der Waals surface area (Å²) in [6, 6.07) is -0.250. The van der Waals surface area contributed by atoms with Crippen molar-refractivity contribution in [2.24, 2.45) is 0 Å². The van der Waals surface area contributed by atoms with Crippen LogP contribution in [0.1, 0.15) is 33.6 Å². The SMILES string of the molecule is CCCC(C)(NC(=O)NCC(C)N(C)C)C(=O)O. The van der Waals surface area contributed by atoms with Crippen molar-refractivity contribution in [3.8, 4) is 0 Å². The van der Waals surface area contributed by atoms with Gasteiger partial charge in [0.05, 0.1) is 0 Å². The van der Waals surface area contributed by atoms with Crippen LogP contribution in [-0.2, 0) is 4.79 Å². The van der Waals surface area contributed by atoms with Crippen molar-refractivity contribution < 1.29 is 14.7 Å². The van der Waals surface area contributed by atoms with E-state index in [0.29, 0.717) is 19.4 Å². The van der Waals surface area contributed by atoms with Crippen molar-refractivity contribution in [3.63, 3.8) is 0 Å². The molecule has 3 N–H and O–H groups in total. The molecule has 0 aliphatic heterocycles. The topological polar surface area (TPSA) is 81.7 Å². The molecule has 2 amide bonds. The lowest BCUT2D eigenvalue weighted by Crippen LogP contribution is -2.56. The summed E-state index contributed by atoms with van der Waals surface area (Å²) < 4.78 is 0. The van der Waals surface area contributed by atoms with Crippen LogP contribution in [0.3, 0.4) is 0 Å². The van der Waals surface area contributed by atoms with E-state index in [9.17, 15) is 9.59 Å². The summed E-state index contributed by atoms with van der Waals surface area (Å²) in [5.41, 5.74) is -1.21. The van der Waals surface area contributed by atoms with Crippen molar-refractivity contribution in [3.05, 3.63) is 0 Å².